The SMILES string of the molecule is CCCCCCCCCCCCCCCCCC(=O)NCCCNCCCOCCCCCCCCCCCCC. The molecule has 0 rings (SSSR count). The van der Waals surface area contributed by atoms with Crippen molar-refractivity contribution in [1.29, 1.82) is 0 Å². The molecule has 0 aliphatic heterocycles. The molecule has 0 fully saturated rings. The third kappa shape index (κ3) is 37.4. The van der Waals surface area contributed by atoms with Gasteiger partial charge in [0.15, 0.2) is 0 Å². The molecular weight excluding hydrogens is 504 g/mol. The van der Waals surface area contributed by atoms with Gasteiger partial charge in [0.1, 0.15) is 0 Å². The van der Waals surface area contributed by atoms with Gasteiger partial charge in [-0.3, -0.25) is 4.79 Å². The number of carbonyl (C=O) groups excluding carboxylic acids is 1. The van der Waals surface area contributed by atoms with Crippen LogP contribution in [-0.2, 0) is 9.53 Å². The molecule has 0 bridgehead atoms. The number of ether oxygens (including phenoxy) is 1. The summed E-state index contributed by atoms with van der Waals surface area (Å²) in [6.07, 6.45) is 38.4. The minimum atomic E-state index is 0.232. The first-order valence-electron chi connectivity index (χ1n) is 18.9. The van der Waals surface area contributed by atoms with Crippen LogP contribution in [0.2, 0.25) is 0 Å². The van der Waals surface area contributed by atoms with E-state index in [1.165, 1.54) is 161 Å². The molecule has 0 aromatic rings. The van der Waals surface area contributed by atoms with Crippen LogP contribution in [-0.4, -0.2) is 38.8 Å². The molecule has 0 radical (unpaired) electrons. The van der Waals surface area contributed by atoms with Crippen molar-refractivity contribution in [2.75, 3.05) is 32.8 Å². The van der Waals surface area contributed by atoms with Gasteiger partial charge in [0, 0.05) is 26.2 Å². The maximum absolute atomic E-state index is 12.0. The van der Waals surface area contributed by atoms with E-state index in [0.29, 0.717) is 6.42 Å². The third-order valence-corrected chi connectivity index (χ3v) is 8.39. The van der Waals surface area contributed by atoms with Gasteiger partial charge in [-0.1, -0.05) is 168 Å². The normalized spacial score (nSPS) is 11.4. The predicted molar refractivity (Wildman–Crippen MR) is 182 cm³/mol. The number of hydrogen-bond acceptors (Lipinski definition) is 3. The molecule has 1 amide bonds. The zero-order chi connectivity index (χ0) is 29.7. The maximum Gasteiger partial charge on any atom is 0.219 e. The average Bonchev–Trinajstić information content (AvgIpc) is 2.98. The monoisotopic (exact) mass is 581 g/mol. The van der Waals surface area contributed by atoms with Gasteiger partial charge in [0.05, 0.1) is 0 Å². The highest BCUT2D eigenvalue weighted by Crippen LogP contribution is 2.14. The molecule has 0 atom stereocenters. The van der Waals surface area contributed by atoms with Crippen molar-refractivity contribution in [3.05, 3.63) is 0 Å². The van der Waals surface area contributed by atoms with Crippen LogP contribution in [0.1, 0.15) is 200 Å². The van der Waals surface area contributed by atoms with E-state index in [1.54, 1.807) is 0 Å². The first kappa shape index (κ1) is 40.4. The molecule has 0 aromatic heterocycles. The first-order valence-corrected chi connectivity index (χ1v) is 18.9. The van der Waals surface area contributed by atoms with Crippen molar-refractivity contribution < 1.29 is 9.53 Å². The molecule has 4 nitrogen and oxygen atoms in total. The average molecular weight is 581 g/mol. The standard InChI is InChI=1S/C37H76N2O2/c1-3-5-7-9-11-13-15-16-17-18-19-21-23-25-27-31-37(40)39-34-29-32-38-33-30-36-41-35-28-26-24-22-20-14-12-10-8-6-4-2/h38H,3-36H2,1-2H3,(H,39,40). The zero-order valence-corrected chi connectivity index (χ0v) is 28.4. The minimum Gasteiger partial charge on any atom is -0.381 e. The van der Waals surface area contributed by atoms with Crippen molar-refractivity contribution in [3.8, 4) is 0 Å². The topological polar surface area (TPSA) is 50.4 Å². The van der Waals surface area contributed by atoms with E-state index >= 15 is 0 Å². The van der Waals surface area contributed by atoms with Crippen LogP contribution in [0, 0.1) is 0 Å². The Morgan fingerprint density at radius 1 is 0.415 bits per heavy atom. The maximum atomic E-state index is 12.0. The lowest BCUT2D eigenvalue weighted by atomic mass is 10.0. The Morgan fingerprint density at radius 2 is 0.780 bits per heavy atom. The molecule has 0 heterocycles. The highest BCUT2D eigenvalue weighted by molar-refractivity contribution is 5.75. The van der Waals surface area contributed by atoms with E-state index in [1.807, 2.05) is 0 Å². The summed E-state index contributed by atoms with van der Waals surface area (Å²) < 4.78 is 5.78. The lowest BCUT2D eigenvalue weighted by Crippen LogP contribution is -2.27. The van der Waals surface area contributed by atoms with Crippen LogP contribution in [0.3, 0.4) is 0 Å². The van der Waals surface area contributed by atoms with Crippen molar-refractivity contribution >= 4 is 5.91 Å². The lowest BCUT2D eigenvalue weighted by molar-refractivity contribution is -0.121. The molecule has 0 unspecified atom stereocenters. The summed E-state index contributed by atoms with van der Waals surface area (Å²) in [5.74, 6) is 0.232. The fourth-order valence-corrected chi connectivity index (χ4v) is 5.58. The van der Waals surface area contributed by atoms with Crippen molar-refractivity contribution in [2.24, 2.45) is 0 Å². The van der Waals surface area contributed by atoms with E-state index in [0.717, 1.165) is 52.1 Å². The van der Waals surface area contributed by atoms with Gasteiger partial charge in [-0.25, -0.2) is 0 Å². The summed E-state index contributed by atoms with van der Waals surface area (Å²) in [4.78, 5) is 12.0. The van der Waals surface area contributed by atoms with Gasteiger partial charge in [-0.2, -0.15) is 0 Å². The molecule has 2 N–H and O–H groups in total. The van der Waals surface area contributed by atoms with E-state index in [2.05, 4.69) is 24.5 Å². The highest BCUT2D eigenvalue weighted by Gasteiger charge is 2.01. The summed E-state index contributed by atoms with van der Waals surface area (Å²) in [6.45, 7) is 9.12. The molecule has 246 valence electrons. The van der Waals surface area contributed by atoms with E-state index in [-0.39, 0.29) is 5.91 Å². The second kappa shape index (κ2) is 37.4. The summed E-state index contributed by atoms with van der Waals surface area (Å²) in [7, 11) is 0. The summed E-state index contributed by atoms with van der Waals surface area (Å²) in [6, 6.07) is 0. The second-order valence-electron chi connectivity index (χ2n) is 12.7. The largest absolute Gasteiger partial charge is 0.381 e. The Balaban J connectivity index is 3.14. The Morgan fingerprint density at radius 3 is 1.24 bits per heavy atom. The minimum absolute atomic E-state index is 0.232. The van der Waals surface area contributed by atoms with Crippen molar-refractivity contribution in [1.82, 2.24) is 10.6 Å². The summed E-state index contributed by atoms with van der Waals surface area (Å²) in [5.41, 5.74) is 0. The Bertz CT molecular complexity index is 486. The Labute approximate surface area is 258 Å². The smallest absolute Gasteiger partial charge is 0.219 e. The van der Waals surface area contributed by atoms with Crippen molar-refractivity contribution in [2.45, 2.75) is 200 Å². The number of hydrogen-bond donors (Lipinski definition) is 2. The molecule has 0 saturated heterocycles. The molecule has 0 aliphatic carbocycles. The number of amides is 1. The van der Waals surface area contributed by atoms with Crippen molar-refractivity contribution in [3.63, 3.8) is 0 Å². The number of rotatable bonds is 36. The first-order chi connectivity index (χ1) is 20.3. The fraction of sp³-hybridized carbons (Fsp3) is 0.973. The van der Waals surface area contributed by atoms with Crippen LogP contribution in [0.25, 0.3) is 0 Å². The van der Waals surface area contributed by atoms with Crippen LogP contribution in [0.5, 0.6) is 0 Å². The van der Waals surface area contributed by atoms with Crippen LogP contribution >= 0.6 is 0 Å². The third-order valence-electron chi connectivity index (χ3n) is 8.39. The molecular formula is C37H76N2O2. The van der Waals surface area contributed by atoms with E-state index < -0.39 is 0 Å². The predicted octanol–water partition coefficient (Wildman–Crippen LogP) is 11.1. The molecule has 0 saturated carbocycles. The quantitative estimate of drug-likeness (QED) is 0.0725. The Hall–Kier alpha value is -0.610. The van der Waals surface area contributed by atoms with Crippen LogP contribution in [0.15, 0.2) is 0 Å². The van der Waals surface area contributed by atoms with Gasteiger partial charge in [0.25, 0.3) is 0 Å². The lowest BCUT2D eigenvalue weighted by Gasteiger charge is -2.08. The molecule has 41 heavy (non-hydrogen) atoms. The highest BCUT2D eigenvalue weighted by atomic mass is 16.5. The summed E-state index contributed by atoms with van der Waals surface area (Å²) in [5, 5.41) is 6.56. The van der Waals surface area contributed by atoms with Gasteiger partial charge < -0.3 is 15.4 Å². The summed E-state index contributed by atoms with van der Waals surface area (Å²) >= 11 is 0. The molecule has 4 heteroatoms. The molecule has 0 spiro atoms. The van der Waals surface area contributed by atoms with E-state index in [9.17, 15) is 4.79 Å². The van der Waals surface area contributed by atoms with Gasteiger partial charge >= 0.3 is 0 Å². The fourth-order valence-electron chi connectivity index (χ4n) is 5.58. The Kier molecular flexibility index (Phi) is 36.9. The molecule has 0 aromatic carbocycles. The van der Waals surface area contributed by atoms with Crippen LogP contribution < -0.4 is 10.6 Å². The molecule has 0 aliphatic rings. The van der Waals surface area contributed by atoms with E-state index in [4.69, 9.17) is 4.74 Å². The zero-order valence-electron chi connectivity index (χ0n) is 28.4. The van der Waals surface area contributed by atoms with Gasteiger partial charge in [-0.15, -0.1) is 0 Å². The number of carbonyl (C=O) groups is 1. The number of unbranched alkanes of at least 4 members (excludes halogenated alkanes) is 24. The van der Waals surface area contributed by atoms with Gasteiger partial charge in [0.2, 0.25) is 5.91 Å². The van der Waals surface area contributed by atoms with Gasteiger partial charge in [-0.05, 0) is 38.8 Å². The van der Waals surface area contributed by atoms with Crippen LogP contribution in [0.4, 0.5) is 0 Å². The second-order valence-corrected chi connectivity index (χ2v) is 12.7. The number of nitrogens with one attached hydrogen (secondary N) is 2.